The molecule has 0 fully saturated rings. The zero-order valence-corrected chi connectivity index (χ0v) is 43.6. The minimum Gasteiger partial charge on any atom is -0.462 e. The molecule has 0 heterocycles. The van der Waals surface area contributed by atoms with Crippen LogP contribution in [-0.4, -0.2) is 37.2 Å². The topological polar surface area (TPSA) is 78.9 Å². The molecular formula is C61H102O6. The number of carbonyl (C=O) groups is 3. The molecule has 0 N–H and O–H groups in total. The van der Waals surface area contributed by atoms with Gasteiger partial charge in [0.25, 0.3) is 0 Å². The summed E-state index contributed by atoms with van der Waals surface area (Å²) < 4.78 is 16.8. The van der Waals surface area contributed by atoms with Gasteiger partial charge in [-0.1, -0.05) is 221 Å². The van der Waals surface area contributed by atoms with E-state index >= 15 is 0 Å². The fourth-order valence-corrected chi connectivity index (χ4v) is 7.43. The first-order valence-electron chi connectivity index (χ1n) is 27.7. The van der Waals surface area contributed by atoms with Crippen LogP contribution in [-0.2, 0) is 28.6 Å². The van der Waals surface area contributed by atoms with Crippen LogP contribution in [0.5, 0.6) is 0 Å². The zero-order valence-electron chi connectivity index (χ0n) is 43.6. The van der Waals surface area contributed by atoms with E-state index in [0.717, 1.165) is 122 Å². The highest BCUT2D eigenvalue weighted by Crippen LogP contribution is 2.15. The van der Waals surface area contributed by atoms with E-state index in [1.54, 1.807) is 0 Å². The van der Waals surface area contributed by atoms with Crippen LogP contribution in [0.15, 0.2) is 97.2 Å². The summed E-state index contributed by atoms with van der Waals surface area (Å²) >= 11 is 0. The highest BCUT2D eigenvalue weighted by atomic mass is 16.6. The maximum atomic E-state index is 12.8. The third-order valence-corrected chi connectivity index (χ3v) is 11.6. The van der Waals surface area contributed by atoms with Crippen LogP contribution in [0.1, 0.15) is 252 Å². The van der Waals surface area contributed by atoms with Gasteiger partial charge in [0.05, 0.1) is 0 Å². The molecule has 0 rings (SSSR count). The highest BCUT2D eigenvalue weighted by Gasteiger charge is 2.19. The van der Waals surface area contributed by atoms with Crippen molar-refractivity contribution in [1.82, 2.24) is 0 Å². The van der Waals surface area contributed by atoms with Crippen LogP contribution in [0.25, 0.3) is 0 Å². The number of allylic oxidation sites excluding steroid dienone is 16. The molecule has 0 aromatic carbocycles. The number of ether oxygens (including phenoxy) is 3. The zero-order chi connectivity index (χ0) is 48.6. The lowest BCUT2D eigenvalue weighted by Gasteiger charge is -2.18. The van der Waals surface area contributed by atoms with Gasteiger partial charge in [-0.15, -0.1) is 0 Å². The molecule has 0 aliphatic heterocycles. The Balaban J connectivity index is 4.27. The van der Waals surface area contributed by atoms with Gasteiger partial charge >= 0.3 is 17.9 Å². The van der Waals surface area contributed by atoms with E-state index in [2.05, 4.69) is 118 Å². The fraction of sp³-hybridized carbons (Fsp3) is 0.689. The van der Waals surface area contributed by atoms with Crippen molar-refractivity contribution >= 4 is 17.9 Å². The molecule has 0 bridgehead atoms. The minimum atomic E-state index is -0.796. The Kier molecular flexibility index (Phi) is 51.9. The number of rotatable bonds is 49. The van der Waals surface area contributed by atoms with Crippen LogP contribution in [0.4, 0.5) is 0 Å². The first-order chi connectivity index (χ1) is 33.0. The number of carbonyl (C=O) groups excluding carboxylic acids is 3. The smallest absolute Gasteiger partial charge is 0.306 e. The van der Waals surface area contributed by atoms with E-state index in [4.69, 9.17) is 14.2 Å². The van der Waals surface area contributed by atoms with Gasteiger partial charge in [-0.05, 0) is 109 Å². The number of esters is 3. The van der Waals surface area contributed by atoms with Crippen LogP contribution >= 0.6 is 0 Å². The van der Waals surface area contributed by atoms with Gasteiger partial charge in [-0.3, -0.25) is 14.4 Å². The summed E-state index contributed by atoms with van der Waals surface area (Å²) in [5.74, 6) is -0.935. The second kappa shape index (κ2) is 54.9. The Hall–Kier alpha value is -3.67. The summed E-state index contributed by atoms with van der Waals surface area (Å²) in [5.41, 5.74) is 0. The van der Waals surface area contributed by atoms with Crippen LogP contribution < -0.4 is 0 Å². The van der Waals surface area contributed by atoms with E-state index in [1.165, 1.54) is 89.9 Å². The normalized spacial score (nSPS) is 12.8. The standard InChI is InChI=1S/C61H102O6/c1-4-7-10-13-16-19-22-24-25-26-27-28-29-30-31-32-33-34-35-37-39-42-45-48-51-54-60(63)66-57-58(56-65-59(62)53-50-47-44-41-38-21-18-15-12-9-6-3)67-61(64)55-52-49-46-43-40-36-23-20-17-14-11-8-5-2/h7-8,10-11,15-20,24-25,27-28,36,40,58H,4-6,9,12-14,21-23,26,29-35,37-39,41-57H2,1-3H3/b10-7-,11-8-,18-15-,19-16-,20-17-,25-24-,28-27-,40-36-. The van der Waals surface area contributed by atoms with Crippen molar-refractivity contribution in [2.45, 2.75) is 258 Å². The molecule has 67 heavy (non-hydrogen) atoms. The summed E-state index contributed by atoms with van der Waals surface area (Å²) in [4.78, 5) is 38.0. The maximum Gasteiger partial charge on any atom is 0.306 e. The summed E-state index contributed by atoms with van der Waals surface area (Å²) in [6.07, 6.45) is 72.7. The van der Waals surface area contributed by atoms with Gasteiger partial charge in [0.15, 0.2) is 6.10 Å². The molecule has 0 aromatic heterocycles. The Morgan fingerprint density at radius 3 is 0.940 bits per heavy atom. The molecular weight excluding hydrogens is 829 g/mol. The van der Waals surface area contributed by atoms with Gasteiger partial charge < -0.3 is 14.2 Å². The van der Waals surface area contributed by atoms with Gasteiger partial charge in [0.2, 0.25) is 0 Å². The lowest BCUT2D eigenvalue weighted by Crippen LogP contribution is -2.30. The van der Waals surface area contributed by atoms with Crippen LogP contribution in [0.3, 0.4) is 0 Å². The molecule has 382 valence electrons. The molecule has 0 saturated heterocycles. The molecule has 0 spiro atoms. The summed E-state index contributed by atoms with van der Waals surface area (Å²) in [7, 11) is 0. The van der Waals surface area contributed by atoms with Crippen molar-refractivity contribution in [3.05, 3.63) is 97.2 Å². The molecule has 0 saturated carbocycles. The molecule has 0 aliphatic carbocycles. The molecule has 0 amide bonds. The Labute approximate surface area is 413 Å². The van der Waals surface area contributed by atoms with Gasteiger partial charge in [0.1, 0.15) is 13.2 Å². The molecule has 0 aromatic rings. The molecule has 1 atom stereocenters. The predicted octanol–water partition coefficient (Wildman–Crippen LogP) is 18.5. The van der Waals surface area contributed by atoms with Crippen molar-refractivity contribution in [3.8, 4) is 0 Å². The van der Waals surface area contributed by atoms with Gasteiger partial charge in [0, 0.05) is 19.3 Å². The second-order valence-corrected chi connectivity index (χ2v) is 18.1. The first kappa shape index (κ1) is 63.3. The van der Waals surface area contributed by atoms with Crippen molar-refractivity contribution in [1.29, 1.82) is 0 Å². The quantitative estimate of drug-likeness (QED) is 0.0262. The molecule has 0 aliphatic rings. The van der Waals surface area contributed by atoms with Crippen LogP contribution in [0.2, 0.25) is 0 Å². The maximum absolute atomic E-state index is 12.8. The van der Waals surface area contributed by atoms with E-state index < -0.39 is 6.10 Å². The molecule has 1 unspecified atom stereocenters. The molecule has 6 nitrogen and oxygen atoms in total. The summed E-state index contributed by atoms with van der Waals surface area (Å²) in [6, 6.07) is 0. The fourth-order valence-electron chi connectivity index (χ4n) is 7.43. The predicted molar refractivity (Wildman–Crippen MR) is 288 cm³/mol. The van der Waals surface area contributed by atoms with Crippen molar-refractivity contribution in [2.75, 3.05) is 13.2 Å². The largest absolute Gasteiger partial charge is 0.462 e. The third-order valence-electron chi connectivity index (χ3n) is 11.6. The third kappa shape index (κ3) is 53.2. The summed E-state index contributed by atoms with van der Waals surface area (Å²) in [6.45, 7) is 6.34. The molecule has 0 radical (unpaired) electrons. The van der Waals surface area contributed by atoms with E-state index in [1.807, 2.05) is 0 Å². The number of unbranched alkanes of at least 4 members (excludes halogenated alkanes) is 22. The Bertz CT molecular complexity index is 1350. The van der Waals surface area contributed by atoms with Gasteiger partial charge in [-0.2, -0.15) is 0 Å². The average Bonchev–Trinajstić information content (AvgIpc) is 3.33. The minimum absolute atomic E-state index is 0.0931. The highest BCUT2D eigenvalue weighted by molar-refractivity contribution is 5.71. The van der Waals surface area contributed by atoms with Crippen molar-refractivity contribution < 1.29 is 28.6 Å². The van der Waals surface area contributed by atoms with Gasteiger partial charge in [-0.25, -0.2) is 0 Å². The van der Waals surface area contributed by atoms with E-state index in [0.29, 0.717) is 19.3 Å². The lowest BCUT2D eigenvalue weighted by molar-refractivity contribution is -0.167. The second-order valence-electron chi connectivity index (χ2n) is 18.1. The summed E-state index contributed by atoms with van der Waals surface area (Å²) in [5, 5.41) is 0. The Morgan fingerprint density at radius 2 is 0.582 bits per heavy atom. The Morgan fingerprint density at radius 1 is 0.313 bits per heavy atom. The lowest BCUT2D eigenvalue weighted by atomic mass is 10.0. The van der Waals surface area contributed by atoms with E-state index in [-0.39, 0.29) is 31.1 Å². The van der Waals surface area contributed by atoms with E-state index in [9.17, 15) is 14.4 Å². The average molecular weight is 931 g/mol. The van der Waals surface area contributed by atoms with Crippen molar-refractivity contribution in [2.24, 2.45) is 0 Å². The SMILES string of the molecule is CC/C=C\C/C=C\C/C=C\C/C=C\CCCCCCCCCCCCCCC(=O)OCC(COC(=O)CCCCCCC/C=C\CCCC)OC(=O)CCCCC/C=C\C/C=C\C/C=C\CC. The number of hydrogen-bond acceptors (Lipinski definition) is 6. The number of hydrogen-bond donors (Lipinski definition) is 0. The monoisotopic (exact) mass is 931 g/mol. The van der Waals surface area contributed by atoms with Crippen molar-refractivity contribution in [3.63, 3.8) is 0 Å². The van der Waals surface area contributed by atoms with Crippen LogP contribution in [0, 0.1) is 0 Å². The molecule has 6 heteroatoms. The first-order valence-corrected chi connectivity index (χ1v) is 27.7.